The van der Waals surface area contributed by atoms with Crippen LogP contribution in [0.1, 0.15) is 38.4 Å². The normalized spacial score (nSPS) is 13.6. The van der Waals surface area contributed by atoms with Crippen molar-refractivity contribution in [2.75, 3.05) is 11.9 Å². The topological polar surface area (TPSA) is 122 Å². The van der Waals surface area contributed by atoms with Gasteiger partial charge in [0.15, 0.2) is 0 Å². The molecule has 3 N–H and O–H groups in total. The number of imidazole rings is 1. The molecular formula is C28H24N6O3. The number of aromatic amines is 1. The van der Waals surface area contributed by atoms with Crippen molar-refractivity contribution in [3.05, 3.63) is 117 Å². The SMILES string of the molecule is Cc1ccc(Cn2cccc(C(=O)NC/C=C/c3ccc4c(c3)NC(=O)/C4=C\c3cnc[nH]3)c2=O)cn1. The van der Waals surface area contributed by atoms with Crippen LogP contribution in [0.3, 0.4) is 0 Å². The minimum atomic E-state index is -0.444. The van der Waals surface area contributed by atoms with Crippen molar-refractivity contribution in [2.24, 2.45) is 0 Å². The van der Waals surface area contributed by atoms with Gasteiger partial charge in [-0.3, -0.25) is 19.4 Å². The van der Waals surface area contributed by atoms with Crippen molar-refractivity contribution in [3.8, 4) is 0 Å². The van der Waals surface area contributed by atoms with E-state index in [1.807, 2.05) is 43.3 Å². The summed E-state index contributed by atoms with van der Waals surface area (Å²) in [6, 6.07) is 12.6. The number of carbonyl (C=O) groups excluding carboxylic acids is 2. The molecule has 4 aromatic rings. The Labute approximate surface area is 212 Å². The van der Waals surface area contributed by atoms with Gasteiger partial charge in [0, 0.05) is 35.9 Å². The molecule has 2 amide bonds. The van der Waals surface area contributed by atoms with Crippen LogP contribution in [0.25, 0.3) is 17.7 Å². The first-order chi connectivity index (χ1) is 18.0. The molecule has 0 bridgehead atoms. The second kappa shape index (κ2) is 10.3. The Bertz CT molecular complexity index is 1580. The van der Waals surface area contributed by atoms with Gasteiger partial charge in [-0.25, -0.2) is 4.98 Å². The van der Waals surface area contributed by atoms with Crippen LogP contribution in [0.15, 0.2) is 78.3 Å². The van der Waals surface area contributed by atoms with Gasteiger partial charge in [-0.15, -0.1) is 0 Å². The van der Waals surface area contributed by atoms with Crippen LogP contribution in [0.4, 0.5) is 5.69 Å². The zero-order chi connectivity index (χ0) is 25.8. The quantitative estimate of drug-likeness (QED) is 0.342. The van der Waals surface area contributed by atoms with Crippen LogP contribution in [-0.4, -0.2) is 37.9 Å². The van der Waals surface area contributed by atoms with Crippen molar-refractivity contribution >= 4 is 35.2 Å². The molecule has 0 unspecified atom stereocenters. The maximum absolute atomic E-state index is 12.8. The van der Waals surface area contributed by atoms with Gasteiger partial charge in [-0.1, -0.05) is 30.4 Å². The van der Waals surface area contributed by atoms with Gasteiger partial charge in [0.2, 0.25) is 0 Å². The van der Waals surface area contributed by atoms with Crippen molar-refractivity contribution < 1.29 is 9.59 Å². The number of rotatable bonds is 7. The van der Waals surface area contributed by atoms with Crippen LogP contribution in [0.5, 0.6) is 0 Å². The van der Waals surface area contributed by atoms with Gasteiger partial charge >= 0.3 is 0 Å². The molecule has 0 radical (unpaired) electrons. The van der Waals surface area contributed by atoms with Gasteiger partial charge < -0.3 is 20.2 Å². The largest absolute Gasteiger partial charge is 0.348 e. The zero-order valence-electron chi connectivity index (χ0n) is 20.1. The van der Waals surface area contributed by atoms with E-state index < -0.39 is 5.91 Å². The molecule has 0 atom stereocenters. The molecular weight excluding hydrogens is 468 g/mol. The highest BCUT2D eigenvalue weighted by Crippen LogP contribution is 2.33. The van der Waals surface area contributed by atoms with E-state index >= 15 is 0 Å². The third-order valence-corrected chi connectivity index (χ3v) is 5.93. The molecule has 5 rings (SSSR count). The fourth-order valence-corrected chi connectivity index (χ4v) is 4.02. The number of H-pyrrole nitrogens is 1. The summed E-state index contributed by atoms with van der Waals surface area (Å²) >= 11 is 0. The molecule has 0 spiro atoms. The number of nitrogens with one attached hydrogen (secondary N) is 3. The highest BCUT2D eigenvalue weighted by molar-refractivity contribution is 6.34. The summed E-state index contributed by atoms with van der Waals surface area (Å²) in [6.07, 6.45) is 12.0. The average molecular weight is 493 g/mol. The van der Waals surface area contributed by atoms with E-state index in [0.717, 1.165) is 33.8 Å². The number of pyridine rings is 2. The maximum atomic E-state index is 12.8. The third-order valence-electron chi connectivity index (χ3n) is 5.93. The molecule has 1 aromatic carbocycles. The summed E-state index contributed by atoms with van der Waals surface area (Å²) in [6.45, 7) is 2.47. The highest BCUT2D eigenvalue weighted by Gasteiger charge is 2.24. The highest BCUT2D eigenvalue weighted by atomic mass is 16.2. The standard InChI is InChI=1S/C28H24N6O3/c1-18-6-7-20(14-31-18)16-34-11-3-5-23(28(34)37)26(35)30-10-2-4-19-8-9-22-24(13-21-15-29-17-32-21)27(36)33-25(22)12-19/h2-9,11-15,17H,10,16H2,1H3,(H,29,32)(H,30,35)(H,33,36)/b4-2+,24-13-. The fraction of sp³-hybridized carbons (Fsp3) is 0.107. The number of anilines is 1. The Morgan fingerprint density at radius 2 is 2.03 bits per heavy atom. The lowest BCUT2D eigenvalue weighted by Crippen LogP contribution is -2.33. The summed E-state index contributed by atoms with van der Waals surface area (Å²) in [5.41, 5.74) is 5.19. The van der Waals surface area contributed by atoms with Crippen LogP contribution in [-0.2, 0) is 11.3 Å². The first kappa shape index (κ1) is 23.7. The minimum Gasteiger partial charge on any atom is -0.348 e. The molecule has 4 heterocycles. The molecule has 0 saturated carbocycles. The first-order valence-corrected chi connectivity index (χ1v) is 11.7. The van der Waals surface area contributed by atoms with E-state index in [1.165, 1.54) is 10.6 Å². The van der Waals surface area contributed by atoms with Gasteiger partial charge in [0.05, 0.1) is 30.3 Å². The lowest BCUT2D eigenvalue weighted by molar-refractivity contribution is -0.110. The van der Waals surface area contributed by atoms with Crippen LogP contribution >= 0.6 is 0 Å². The summed E-state index contributed by atoms with van der Waals surface area (Å²) in [5.74, 6) is -0.619. The molecule has 1 aliphatic rings. The Morgan fingerprint density at radius 1 is 1.14 bits per heavy atom. The molecule has 37 heavy (non-hydrogen) atoms. The van der Waals surface area contributed by atoms with E-state index in [0.29, 0.717) is 12.1 Å². The van der Waals surface area contributed by atoms with E-state index in [9.17, 15) is 14.4 Å². The molecule has 0 fully saturated rings. The Balaban J connectivity index is 1.22. The predicted octanol–water partition coefficient (Wildman–Crippen LogP) is 3.26. The fourth-order valence-electron chi connectivity index (χ4n) is 4.02. The zero-order valence-corrected chi connectivity index (χ0v) is 20.1. The van der Waals surface area contributed by atoms with E-state index in [1.54, 1.807) is 43.1 Å². The lowest BCUT2D eigenvalue weighted by atomic mass is 10.0. The molecule has 9 nitrogen and oxygen atoms in total. The number of aromatic nitrogens is 4. The number of hydrogen-bond acceptors (Lipinski definition) is 5. The number of fused-ring (bicyclic) bond motifs is 1. The van der Waals surface area contributed by atoms with Gasteiger partial charge in [0.1, 0.15) is 5.56 Å². The van der Waals surface area contributed by atoms with E-state index in [4.69, 9.17) is 0 Å². The number of carbonyl (C=O) groups is 2. The van der Waals surface area contributed by atoms with Crippen LogP contribution in [0, 0.1) is 6.92 Å². The molecule has 0 aliphatic carbocycles. The van der Waals surface area contributed by atoms with Gasteiger partial charge in [-0.05, 0) is 48.4 Å². The van der Waals surface area contributed by atoms with Crippen molar-refractivity contribution in [2.45, 2.75) is 13.5 Å². The second-order valence-electron chi connectivity index (χ2n) is 8.60. The summed E-state index contributed by atoms with van der Waals surface area (Å²) in [5, 5.41) is 5.64. The summed E-state index contributed by atoms with van der Waals surface area (Å²) in [4.78, 5) is 49.0. The monoisotopic (exact) mass is 492 g/mol. The van der Waals surface area contributed by atoms with Crippen LogP contribution < -0.4 is 16.2 Å². The van der Waals surface area contributed by atoms with E-state index in [2.05, 4.69) is 25.6 Å². The average Bonchev–Trinajstić information content (AvgIpc) is 3.52. The van der Waals surface area contributed by atoms with Crippen molar-refractivity contribution in [1.29, 1.82) is 0 Å². The summed E-state index contributed by atoms with van der Waals surface area (Å²) in [7, 11) is 0. The van der Waals surface area contributed by atoms with Gasteiger partial charge in [-0.2, -0.15) is 0 Å². The molecule has 3 aromatic heterocycles. The minimum absolute atomic E-state index is 0.0767. The molecule has 0 saturated heterocycles. The lowest BCUT2D eigenvalue weighted by Gasteiger charge is -2.08. The molecule has 9 heteroatoms. The number of aryl methyl sites for hydroxylation is 1. The predicted molar refractivity (Wildman–Crippen MR) is 142 cm³/mol. The van der Waals surface area contributed by atoms with Gasteiger partial charge in [0.25, 0.3) is 17.4 Å². The molecule has 184 valence electrons. The smallest absolute Gasteiger partial charge is 0.263 e. The molecule has 1 aliphatic heterocycles. The third kappa shape index (κ3) is 5.30. The number of nitrogens with zero attached hydrogens (tertiary/aromatic N) is 3. The number of amides is 2. The Hall–Kier alpha value is -5.05. The summed E-state index contributed by atoms with van der Waals surface area (Å²) < 4.78 is 1.49. The van der Waals surface area contributed by atoms with Crippen LogP contribution in [0.2, 0.25) is 0 Å². The number of hydrogen-bond donors (Lipinski definition) is 3. The second-order valence-corrected chi connectivity index (χ2v) is 8.60. The Kier molecular flexibility index (Phi) is 6.58. The Morgan fingerprint density at radius 3 is 2.81 bits per heavy atom. The number of benzene rings is 1. The maximum Gasteiger partial charge on any atom is 0.263 e. The first-order valence-electron chi connectivity index (χ1n) is 11.7. The van der Waals surface area contributed by atoms with Crippen molar-refractivity contribution in [1.82, 2.24) is 24.8 Å². The van der Waals surface area contributed by atoms with Crippen molar-refractivity contribution in [3.63, 3.8) is 0 Å². The van der Waals surface area contributed by atoms with E-state index in [-0.39, 0.29) is 23.6 Å².